The van der Waals surface area contributed by atoms with Crippen molar-refractivity contribution in [3.8, 4) is 5.75 Å². The minimum Gasteiger partial charge on any atom is -0.489 e. The topological polar surface area (TPSA) is 50.7 Å². The zero-order valence-electron chi connectivity index (χ0n) is 11.9. The van der Waals surface area contributed by atoms with Crippen LogP contribution in [0.15, 0.2) is 59.7 Å². The van der Waals surface area contributed by atoms with Gasteiger partial charge in [0.05, 0.1) is 6.21 Å². The van der Waals surface area contributed by atoms with Crippen LogP contribution in [-0.4, -0.2) is 29.7 Å². The van der Waals surface area contributed by atoms with E-state index in [0.29, 0.717) is 11.7 Å². The van der Waals surface area contributed by atoms with Crippen molar-refractivity contribution in [2.24, 2.45) is 5.10 Å². The predicted molar refractivity (Wildman–Crippen MR) is 89.7 cm³/mol. The summed E-state index contributed by atoms with van der Waals surface area (Å²) in [6, 6.07) is 16.7. The van der Waals surface area contributed by atoms with Crippen molar-refractivity contribution in [2.45, 2.75) is 6.10 Å². The largest absolute Gasteiger partial charge is 0.489 e. The van der Waals surface area contributed by atoms with Gasteiger partial charge in [-0.1, -0.05) is 18.2 Å². The fraction of sp³-hybridized carbons (Fsp3) is 0.176. The first-order chi connectivity index (χ1) is 10.8. The van der Waals surface area contributed by atoms with Crippen LogP contribution >= 0.6 is 11.8 Å². The molecule has 0 aromatic heterocycles. The molecule has 0 saturated carbocycles. The summed E-state index contributed by atoms with van der Waals surface area (Å²) in [5.74, 6) is 2.78. The Labute approximate surface area is 133 Å². The smallest absolute Gasteiger partial charge is 0.271 e. The van der Waals surface area contributed by atoms with Crippen molar-refractivity contribution in [3.63, 3.8) is 0 Å². The molecule has 2 aromatic rings. The Bertz CT molecular complexity index is 652. The zero-order valence-corrected chi connectivity index (χ0v) is 12.8. The van der Waals surface area contributed by atoms with Crippen molar-refractivity contribution in [1.82, 2.24) is 5.43 Å². The standard InChI is InChI=1S/C17H16N2O2S/c20-17(14-4-2-1-3-5-14)19-18-10-13-6-8-15(9-7-13)21-16-11-22-12-16/h1-10,16H,11-12H2,(H,19,20). The van der Waals surface area contributed by atoms with Gasteiger partial charge in [-0.2, -0.15) is 16.9 Å². The van der Waals surface area contributed by atoms with Gasteiger partial charge in [0.25, 0.3) is 5.91 Å². The molecular formula is C17H16N2O2S. The first-order valence-corrected chi connectivity index (χ1v) is 8.20. The van der Waals surface area contributed by atoms with Crippen LogP contribution in [-0.2, 0) is 0 Å². The van der Waals surface area contributed by atoms with E-state index < -0.39 is 0 Å². The Morgan fingerprint density at radius 3 is 2.50 bits per heavy atom. The Hall–Kier alpha value is -2.27. The second-order valence-electron chi connectivity index (χ2n) is 4.91. The van der Waals surface area contributed by atoms with E-state index in [1.807, 2.05) is 54.2 Å². The Morgan fingerprint density at radius 1 is 1.14 bits per heavy atom. The lowest BCUT2D eigenvalue weighted by molar-refractivity contribution is 0.0955. The number of ether oxygens (including phenoxy) is 1. The molecule has 0 unspecified atom stereocenters. The average molecular weight is 312 g/mol. The minimum atomic E-state index is -0.223. The molecule has 3 rings (SSSR count). The number of nitrogens with one attached hydrogen (secondary N) is 1. The van der Waals surface area contributed by atoms with Crippen molar-refractivity contribution < 1.29 is 9.53 Å². The molecule has 1 aliphatic rings. The lowest BCUT2D eigenvalue weighted by atomic mass is 10.2. The third kappa shape index (κ3) is 3.89. The number of rotatable bonds is 5. The monoisotopic (exact) mass is 312 g/mol. The van der Waals surface area contributed by atoms with Gasteiger partial charge in [0.15, 0.2) is 0 Å². The lowest BCUT2D eigenvalue weighted by Crippen LogP contribution is -2.30. The van der Waals surface area contributed by atoms with E-state index in [1.54, 1.807) is 18.3 Å². The highest BCUT2D eigenvalue weighted by molar-refractivity contribution is 8.00. The summed E-state index contributed by atoms with van der Waals surface area (Å²) in [5, 5.41) is 3.97. The van der Waals surface area contributed by atoms with E-state index in [1.165, 1.54) is 0 Å². The maximum atomic E-state index is 11.8. The second kappa shape index (κ2) is 7.13. The van der Waals surface area contributed by atoms with Gasteiger partial charge >= 0.3 is 0 Å². The maximum absolute atomic E-state index is 11.8. The molecule has 5 heteroatoms. The van der Waals surface area contributed by atoms with Crippen LogP contribution in [0.2, 0.25) is 0 Å². The van der Waals surface area contributed by atoms with Gasteiger partial charge in [-0.25, -0.2) is 5.43 Å². The van der Waals surface area contributed by atoms with Crippen LogP contribution < -0.4 is 10.2 Å². The van der Waals surface area contributed by atoms with Gasteiger partial charge in [0, 0.05) is 17.1 Å². The number of benzene rings is 2. The first-order valence-electron chi connectivity index (χ1n) is 7.04. The molecule has 1 N–H and O–H groups in total. The van der Waals surface area contributed by atoms with E-state index in [9.17, 15) is 4.79 Å². The van der Waals surface area contributed by atoms with Crippen molar-refractivity contribution >= 4 is 23.9 Å². The number of hydrazone groups is 1. The molecule has 1 saturated heterocycles. The van der Waals surface area contributed by atoms with Gasteiger partial charge in [0.2, 0.25) is 0 Å². The number of nitrogens with zero attached hydrogens (tertiary/aromatic N) is 1. The summed E-state index contributed by atoms with van der Waals surface area (Å²) in [5.41, 5.74) is 4.00. The number of hydrogen-bond acceptors (Lipinski definition) is 4. The van der Waals surface area contributed by atoms with E-state index in [4.69, 9.17) is 4.74 Å². The minimum absolute atomic E-state index is 0.223. The van der Waals surface area contributed by atoms with E-state index >= 15 is 0 Å². The van der Waals surface area contributed by atoms with Crippen LogP contribution in [0.5, 0.6) is 5.75 Å². The molecule has 0 aliphatic carbocycles. The Morgan fingerprint density at radius 2 is 1.86 bits per heavy atom. The third-order valence-electron chi connectivity index (χ3n) is 3.21. The molecule has 1 fully saturated rings. The van der Waals surface area contributed by atoms with Gasteiger partial charge in [-0.05, 0) is 42.0 Å². The first kappa shape index (κ1) is 14.7. The molecule has 0 radical (unpaired) electrons. The fourth-order valence-corrected chi connectivity index (χ4v) is 2.49. The van der Waals surface area contributed by atoms with Crippen molar-refractivity contribution in [3.05, 3.63) is 65.7 Å². The Kier molecular flexibility index (Phi) is 4.75. The molecule has 0 atom stereocenters. The average Bonchev–Trinajstić information content (AvgIpc) is 2.53. The molecule has 1 aliphatic heterocycles. The van der Waals surface area contributed by atoms with Crippen molar-refractivity contribution in [2.75, 3.05) is 11.5 Å². The maximum Gasteiger partial charge on any atom is 0.271 e. The Balaban J connectivity index is 1.52. The SMILES string of the molecule is O=C(NN=Cc1ccc(OC2CSC2)cc1)c1ccccc1. The van der Waals surface area contributed by atoms with E-state index in [-0.39, 0.29) is 5.91 Å². The van der Waals surface area contributed by atoms with Crippen molar-refractivity contribution in [1.29, 1.82) is 0 Å². The van der Waals surface area contributed by atoms with Crippen LogP contribution in [0, 0.1) is 0 Å². The molecular weight excluding hydrogens is 296 g/mol. The number of hydrogen-bond donors (Lipinski definition) is 1. The van der Waals surface area contributed by atoms with Crippen LogP contribution in [0.1, 0.15) is 15.9 Å². The quantitative estimate of drug-likeness (QED) is 0.682. The lowest BCUT2D eigenvalue weighted by Gasteiger charge is -2.25. The summed E-state index contributed by atoms with van der Waals surface area (Å²) >= 11 is 1.89. The summed E-state index contributed by atoms with van der Waals surface area (Å²) in [6.45, 7) is 0. The third-order valence-corrected chi connectivity index (χ3v) is 4.42. The molecule has 4 nitrogen and oxygen atoms in total. The van der Waals surface area contributed by atoms with Crippen LogP contribution in [0.3, 0.4) is 0 Å². The molecule has 2 aromatic carbocycles. The van der Waals surface area contributed by atoms with Gasteiger partial charge in [-0.15, -0.1) is 0 Å². The molecule has 1 heterocycles. The molecule has 112 valence electrons. The fourth-order valence-electron chi connectivity index (χ4n) is 1.93. The normalized spacial score (nSPS) is 14.5. The molecule has 1 amide bonds. The molecule has 0 bridgehead atoms. The summed E-state index contributed by atoms with van der Waals surface area (Å²) in [7, 11) is 0. The summed E-state index contributed by atoms with van der Waals surface area (Å²) < 4.78 is 5.77. The number of thioether (sulfide) groups is 1. The van der Waals surface area contributed by atoms with Crippen LogP contribution in [0.4, 0.5) is 0 Å². The van der Waals surface area contributed by atoms with E-state index in [2.05, 4.69) is 10.5 Å². The number of carbonyl (C=O) groups excluding carboxylic acids is 1. The van der Waals surface area contributed by atoms with Gasteiger partial charge < -0.3 is 4.74 Å². The molecule has 0 spiro atoms. The second-order valence-corrected chi connectivity index (χ2v) is 5.99. The van der Waals surface area contributed by atoms with E-state index in [0.717, 1.165) is 22.8 Å². The van der Waals surface area contributed by atoms with Crippen LogP contribution in [0.25, 0.3) is 0 Å². The zero-order chi connectivity index (χ0) is 15.2. The molecule has 22 heavy (non-hydrogen) atoms. The summed E-state index contributed by atoms with van der Waals surface area (Å²) in [6.07, 6.45) is 1.96. The highest BCUT2D eigenvalue weighted by atomic mass is 32.2. The van der Waals surface area contributed by atoms with Gasteiger partial charge in [0.1, 0.15) is 11.9 Å². The number of carbonyl (C=O) groups is 1. The highest BCUT2D eigenvalue weighted by Gasteiger charge is 2.19. The summed E-state index contributed by atoms with van der Waals surface area (Å²) in [4.78, 5) is 11.8. The highest BCUT2D eigenvalue weighted by Crippen LogP contribution is 2.23. The van der Waals surface area contributed by atoms with Gasteiger partial charge in [-0.3, -0.25) is 4.79 Å². The predicted octanol–water partition coefficient (Wildman–Crippen LogP) is 2.94. The number of amides is 1.